The number of esters is 1. The molecule has 9 fully saturated rings. The number of para-hydroxylation sites is 1. The number of anilines is 1. The van der Waals surface area contributed by atoms with E-state index in [1.54, 1.807) is 65.7 Å². The number of imide groups is 1. The number of hydrogen-bond donors (Lipinski definition) is 3. The fourth-order valence-corrected chi connectivity index (χ4v) is 17.8. The fourth-order valence-electron chi connectivity index (χ4n) is 17.8. The average Bonchev–Trinajstić information content (AvgIpc) is 4.34. The second-order valence-electron chi connectivity index (χ2n) is 23.7. The summed E-state index contributed by atoms with van der Waals surface area (Å²) in [7, 11) is 8.88. The van der Waals surface area contributed by atoms with E-state index in [2.05, 4.69) is 46.2 Å². The van der Waals surface area contributed by atoms with Crippen molar-refractivity contribution in [1.82, 2.24) is 24.7 Å². The Labute approximate surface area is 440 Å². The predicted molar refractivity (Wildman–Crippen MR) is 278 cm³/mol. The van der Waals surface area contributed by atoms with Crippen molar-refractivity contribution in [2.75, 3.05) is 79.7 Å². The number of likely N-dealkylation sites (tertiary alicyclic amines) is 2. The second kappa shape index (κ2) is 20.1. The van der Waals surface area contributed by atoms with Crippen molar-refractivity contribution < 1.29 is 48.3 Å². The quantitative estimate of drug-likeness (QED) is 0.191. The van der Waals surface area contributed by atoms with E-state index in [-0.39, 0.29) is 90.1 Å². The molecule has 1 spiro atoms. The van der Waals surface area contributed by atoms with Crippen LogP contribution in [-0.2, 0) is 39.8 Å². The normalized spacial score (nSPS) is 40.8. The highest BCUT2D eigenvalue weighted by molar-refractivity contribution is 6.22. The van der Waals surface area contributed by atoms with Crippen molar-refractivity contribution >= 4 is 23.5 Å². The summed E-state index contributed by atoms with van der Waals surface area (Å²) in [6, 6.07) is 16.6. The molecule has 17 atom stereocenters. The molecule has 9 bridgehead atoms. The van der Waals surface area contributed by atoms with Crippen LogP contribution in [0.5, 0.6) is 0 Å². The number of ether oxygens (including phenoxy) is 5. The van der Waals surface area contributed by atoms with Crippen LogP contribution in [0.2, 0.25) is 0 Å². The number of methoxy groups -OCH3 is 4. The monoisotopic (exact) mass is 1030 g/mol. The van der Waals surface area contributed by atoms with Gasteiger partial charge in [-0.2, -0.15) is 0 Å². The Bertz CT molecular complexity index is 2690. The van der Waals surface area contributed by atoms with Gasteiger partial charge in [0.05, 0.1) is 48.3 Å². The molecule has 5 aliphatic carbocycles. The summed E-state index contributed by atoms with van der Waals surface area (Å²) >= 11 is 0. The zero-order valence-electron chi connectivity index (χ0n) is 44.8. The first-order valence-electron chi connectivity index (χ1n) is 27.6. The topological polar surface area (TPSA) is 194 Å². The Hall–Kier alpha value is -4.43. The maximum Gasteiger partial charge on any atom is 0.340 e. The summed E-state index contributed by atoms with van der Waals surface area (Å²) in [5, 5.41) is 30.0. The van der Waals surface area contributed by atoms with Crippen molar-refractivity contribution in [3.8, 4) is 0 Å². The third kappa shape index (κ3) is 7.82. The van der Waals surface area contributed by atoms with Crippen molar-refractivity contribution in [3.05, 3.63) is 94.2 Å². The van der Waals surface area contributed by atoms with E-state index in [1.807, 2.05) is 29.1 Å². The molecule has 2 amide bonds. The number of pyridine rings is 2. The summed E-state index contributed by atoms with van der Waals surface area (Å²) in [5.41, 5.74) is -1.42. The Morgan fingerprint density at radius 2 is 1.75 bits per heavy atom. The van der Waals surface area contributed by atoms with E-state index in [4.69, 9.17) is 23.7 Å². The standard InChI is InChI=1S/C37H50N2O10.C11H14N2O.C10H14N2/c1-7-38-17-34(18-49-32(42)20-10-8-9-11-23(20)39-26(40)14-19(2)31(39)41)13-12-25(46-4)36-22-15-21-24(45-3)16-35(43,27(22)28(21)47-5)37(44,33(36)38)30(48-6)29(34)36;14-11-3-1-2-10-9-4-8(5-12-6-9)7-13(10)11;1-12-7-3-5-10(12)9-4-2-6-11-8-9/h8-11,19,21-22,24-25,27-30,33,43-44H,7,12-18H2,1-6H3;1-3,8-9,12H,4-7H2;2,4,6,8,10H,3,5,7H2,1H3/t19-,21+,22+,24-,25-,27+,28-,29+,30-,33?,34-,35+,36-,37+;8-,9+;10-/m000/s1. The zero-order valence-corrected chi connectivity index (χ0v) is 44.8. The largest absolute Gasteiger partial charge is 0.461 e. The van der Waals surface area contributed by atoms with Crippen molar-refractivity contribution in [3.63, 3.8) is 0 Å². The first kappa shape index (κ1) is 52.6. The SMILES string of the molecule is CCN1C[C@]2(COC(=O)c3ccccc3N3C(=O)C[C@H](C)C3=O)CC[C@H](OC)[C@]34C1[C@](O)([C@@H](OC)[C@H]23)[C@@]1(O)C[C@H](OC)[C@H]2C[C@@H]4[C@@H]1[C@H]2OC.CN1CCC[C@H]1c1cccnc1.O=c1cccc2n1C[C@@H]1CNC[C@H]2C1. The van der Waals surface area contributed by atoms with E-state index < -0.39 is 46.1 Å². The van der Waals surface area contributed by atoms with Crippen molar-refractivity contribution in [1.29, 1.82) is 0 Å². The van der Waals surface area contributed by atoms with E-state index in [9.17, 15) is 29.4 Å². The van der Waals surface area contributed by atoms with Gasteiger partial charge in [-0.3, -0.25) is 29.2 Å². The average molecular weight is 1040 g/mol. The van der Waals surface area contributed by atoms with Crippen LogP contribution in [-0.4, -0.2) is 164 Å². The van der Waals surface area contributed by atoms with Gasteiger partial charge in [-0.25, -0.2) is 9.69 Å². The molecule has 1 aromatic carbocycles. The molecule has 17 nitrogen and oxygen atoms in total. The van der Waals surface area contributed by atoms with Gasteiger partial charge in [-0.15, -0.1) is 0 Å². The molecule has 75 heavy (non-hydrogen) atoms. The van der Waals surface area contributed by atoms with Crippen LogP contribution in [0.15, 0.2) is 71.8 Å². The van der Waals surface area contributed by atoms with Crippen LogP contribution in [0.1, 0.15) is 98.8 Å². The molecule has 5 saturated carbocycles. The lowest BCUT2D eigenvalue weighted by Crippen LogP contribution is -2.82. The van der Waals surface area contributed by atoms with Gasteiger partial charge in [-0.1, -0.05) is 38.1 Å². The van der Waals surface area contributed by atoms with Crippen LogP contribution >= 0.6 is 0 Å². The molecule has 10 aliphatic rings. The number of nitrogens with one attached hydrogen (secondary N) is 1. The molecular weight excluding hydrogens is 957 g/mol. The number of amides is 2. The minimum Gasteiger partial charge on any atom is -0.461 e. The first-order valence-corrected chi connectivity index (χ1v) is 27.6. The van der Waals surface area contributed by atoms with Gasteiger partial charge in [0.25, 0.3) is 5.56 Å². The maximum absolute atomic E-state index is 14.1. The summed E-state index contributed by atoms with van der Waals surface area (Å²) < 4.78 is 33.3. The summed E-state index contributed by atoms with van der Waals surface area (Å²) in [5.74, 6) is -1.27. The Morgan fingerprint density at radius 3 is 2.43 bits per heavy atom. The molecule has 7 heterocycles. The van der Waals surface area contributed by atoms with Crippen molar-refractivity contribution in [2.45, 2.75) is 125 Å². The molecule has 3 aromatic rings. The minimum absolute atomic E-state index is 0.0358. The molecule has 3 N–H and O–H groups in total. The van der Waals surface area contributed by atoms with Crippen LogP contribution in [0, 0.1) is 46.3 Å². The molecule has 5 aliphatic heterocycles. The van der Waals surface area contributed by atoms with Crippen LogP contribution in [0.4, 0.5) is 5.69 Å². The summed E-state index contributed by atoms with van der Waals surface area (Å²) in [6.07, 6.45) is 8.47. The van der Waals surface area contributed by atoms with E-state index in [0.717, 1.165) is 31.0 Å². The number of likely N-dealkylation sites (N-methyl/N-ethyl adjacent to an activating group) is 1. The lowest BCUT2D eigenvalue weighted by Gasteiger charge is -2.70. The minimum atomic E-state index is -1.70. The fraction of sp³-hybridized carbons (Fsp3) is 0.672. The van der Waals surface area contributed by atoms with Gasteiger partial charge < -0.3 is 43.8 Å². The number of aromatic nitrogens is 2. The van der Waals surface area contributed by atoms with E-state index in [0.29, 0.717) is 43.8 Å². The number of aliphatic hydroxyl groups is 2. The Morgan fingerprint density at radius 1 is 0.933 bits per heavy atom. The Kier molecular flexibility index (Phi) is 14.1. The molecule has 406 valence electrons. The molecule has 1 unspecified atom stereocenters. The molecule has 4 saturated heterocycles. The number of piperidine rings is 2. The predicted octanol–water partition coefficient (Wildman–Crippen LogP) is 4.44. The van der Waals surface area contributed by atoms with Crippen molar-refractivity contribution in [2.24, 2.45) is 46.3 Å². The van der Waals surface area contributed by atoms with E-state index >= 15 is 0 Å². The van der Waals surface area contributed by atoms with Crippen LogP contribution in [0.25, 0.3) is 0 Å². The number of hydrogen-bond acceptors (Lipinski definition) is 15. The number of nitrogens with zero attached hydrogens (tertiary/aromatic N) is 5. The highest BCUT2D eigenvalue weighted by atomic mass is 16.5. The van der Waals surface area contributed by atoms with Gasteiger partial charge in [0.2, 0.25) is 11.8 Å². The third-order valence-electron chi connectivity index (χ3n) is 20.5. The number of carbonyl (C=O) groups excluding carboxylic acids is 3. The smallest absolute Gasteiger partial charge is 0.340 e. The first-order chi connectivity index (χ1) is 36.2. The molecule has 0 radical (unpaired) electrons. The van der Waals surface area contributed by atoms with Crippen LogP contribution in [0.3, 0.4) is 0 Å². The summed E-state index contributed by atoms with van der Waals surface area (Å²) in [6.45, 7) is 9.17. The van der Waals surface area contributed by atoms with Gasteiger partial charge in [0.15, 0.2) is 0 Å². The highest BCUT2D eigenvalue weighted by Crippen LogP contribution is 2.80. The number of fused-ring (bicyclic) bond motifs is 6. The zero-order chi connectivity index (χ0) is 52.8. The molecule has 13 rings (SSSR count). The number of benzene rings is 1. The lowest BCUT2D eigenvalue weighted by molar-refractivity contribution is -0.320. The number of carbonyl (C=O) groups is 3. The lowest BCUT2D eigenvalue weighted by atomic mass is 9.42. The van der Waals surface area contributed by atoms with Gasteiger partial charge >= 0.3 is 5.97 Å². The Balaban J connectivity index is 0.000000186. The maximum atomic E-state index is 14.1. The van der Waals surface area contributed by atoms with Crippen LogP contribution < -0.4 is 15.8 Å². The van der Waals surface area contributed by atoms with E-state index in [1.165, 1.54) is 37.1 Å². The highest BCUT2D eigenvalue weighted by Gasteiger charge is 2.91. The second-order valence-corrected chi connectivity index (χ2v) is 23.7. The molecule has 2 aromatic heterocycles. The molecule has 17 heteroatoms. The number of rotatable bonds is 10. The molecular formula is C58H78N6O11. The summed E-state index contributed by atoms with van der Waals surface area (Å²) in [4.78, 5) is 61.5. The van der Waals surface area contributed by atoms with Gasteiger partial charge in [0, 0.05) is 132 Å². The third-order valence-corrected chi connectivity index (χ3v) is 20.5. The van der Waals surface area contributed by atoms with Gasteiger partial charge in [-0.05, 0) is 107 Å². The van der Waals surface area contributed by atoms with Gasteiger partial charge in [0.1, 0.15) is 11.2 Å².